The third-order valence-corrected chi connectivity index (χ3v) is 11.2. The highest BCUT2D eigenvalue weighted by Gasteiger charge is 2.80. The lowest BCUT2D eigenvalue weighted by Gasteiger charge is -2.63. The predicted octanol–water partition coefficient (Wildman–Crippen LogP) is 5.20. The molecule has 1 N–H and O–H groups in total. The number of aliphatic hydroxyl groups is 1. The van der Waals surface area contributed by atoms with Crippen LogP contribution >= 0.6 is 23.4 Å². The summed E-state index contributed by atoms with van der Waals surface area (Å²) in [4.78, 5) is 26.0. The molecule has 0 bridgehead atoms. The maximum Gasteiger partial charge on any atom is 0.225 e. The van der Waals surface area contributed by atoms with E-state index in [1.165, 1.54) is 19.1 Å². The molecule has 0 radical (unpaired) electrons. The van der Waals surface area contributed by atoms with Crippen LogP contribution in [0.3, 0.4) is 0 Å². The van der Waals surface area contributed by atoms with Gasteiger partial charge in [0.25, 0.3) is 0 Å². The topological polar surface area (TPSA) is 96.6 Å². The van der Waals surface area contributed by atoms with Gasteiger partial charge in [0.1, 0.15) is 6.17 Å². The SMILES string of the molecule is CC12CC(O)[C@@]3(F)C(C[C@H](F)C4=CC(=O)C=CC43C)C1C[C@H]1OC(c3ccc(Cl)cc3)OC12C(=O)SCC#N. The minimum Gasteiger partial charge on any atom is -0.390 e. The van der Waals surface area contributed by atoms with Crippen molar-refractivity contribution in [1.29, 1.82) is 5.26 Å². The Morgan fingerprint density at radius 1 is 1.26 bits per heavy atom. The first-order valence-corrected chi connectivity index (χ1v) is 14.4. The number of carbonyl (C=O) groups excluding carboxylic acids is 2. The van der Waals surface area contributed by atoms with Crippen LogP contribution in [0.5, 0.6) is 0 Å². The largest absolute Gasteiger partial charge is 0.390 e. The highest BCUT2D eigenvalue weighted by atomic mass is 35.5. The number of alkyl halides is 2. The summed E-state index contributed by atoms with van der Waals surface area (Å²) in [6, 6.07) is 8.80. The number of nitriles is 1. The molecule has 1 aromatic carbocycles. The van der Waals surface area contributed by atoms with Crippen molar-refractivity contribution < 1.29 is 33.0 Å². The van der Waals surface area contributed by atoms with Gasteiger partial charge in [-0.05, 0) is 62.0 Å². The fourth-order valence-electron chi connectivity index (χ4n) is 8.27. The second-order valence-corrected chi connectivity index (χ2v) is 13.1. The molecule has 6 nitrogen and oxygen atoms in total. The Kier molecular flexibility index (Phi) is 6.22. The summed E-state index contributed by atoms with van der Waals surface area (Å²) in [7, 11) is 0. The number of ketones is 1. The molecule has 4 aliphatic carbocycles. The summed E-state index contributed by atoms with van der Waals surface area (Å²) in [6.45, 7) is 3.33. The molecule has 6 rings (SSSR count). The molecule has 1 aliphatic heterocycles. The number of carbonyl (C=O) groups is 2. The lowest BCUT2D eigenvalue weighted by molar-refractivity contribution is -0.232. The molecular weight excluding hydrogens is 548 g/mol. The van der Waals surface area contributed by atoms with Crippen molar-refractivity contribution in [3.8, 4) is 6.07 Å². The number of benzene rings is 1. The summed E-state index contributed by atoms with van der Waals surface area (Å²) in [6.07, 6.45) is -1.27. The summed E-state index contributed by atoms with van der Waals surface area (Å²) in [5.74, 6) is -2.07. The molecule has 1 saturated heterocycles. The number of hydrogen-bond donors (Lipinski definition) is 1. The van der Waals surface area contributed by atoms with Gasteiger partial charge in [-0.25, -0.2) is 8.78 Å². The van der Waals surface area contributed by atoms with E-state index in [1.807, 2.05) is 6.07 Å². The molecule has 10 heteroatoms. The molecule has 3 saturated carbocycles. The molecule has 5 aliphatic rings. The van der Waals surface area contributed by atoms with Crippen LogP contribution in [0, 0.1) is 34.0 Å². The zero-order chi connectivity index (χ0) is 28.0. The molecule has 0 spiro atoms. The Morgan fingerprint density at radius 2 is 1.97 bits per heavy atom. The van der Waals surface area contributed by atoms with Gasteiger partial charge >= 0.3 is 0 Å². The summed E-state index contributed by atoms with van der Waals surface area (Å²) < 4.78 is 46.1. The fourth-order valence-corrected chi connectivity index (χ4v) is 9.22. The van der Waals surface area contributed by atoms with E-state index >= 15 is 8.78 Å². The molecular formula is C29H28ClF2NO5S. The molecule has 39 heavy (non-hydrogen) atoms. The van der Waals surface area contributed by atoms with Crippen molar-refractivity contribution in [2.75, 3.05) is 5.75 Å². The molecule has 10 atom stereocenters. The number of fused-ring (bicyclic) bond motifs is 7. The van der Waals surface area contributed by atoms with Crippen molar-refractivity contribution in [1.82, 2.24) is 0 Å². The summed E-state index contributed by atoms with van der Waals surface area (Å²) >= 11 is 6.85. The van der Waals surface area contributed by atoms with Gasteiger partial charge in [0.2, 0.25) is 5.12 Å². The van der Waals surface area contributed by atoms with Crippen molar-refractivity contribution in [3.63, 3.8) is 0 Å². The van der Waals surface area contributed by atoms with Crippen molar-refractivity contribution in [2.45, 2.75) is 69.0 Å². The zero-order valence-corrected chi connectivity index (χ0v) is 23.0. The smallest absolute Gasteiger partial charge is 0.225 e. The standard InChI is InChI=1S/C29H28ClF2NO5S/c1-26-8-7-17(34)11-20(26)21(31)12-19-18-13-23-29(25(36)39-10-9-33,27(18,2)14-22(35)28(19,26)32)38-24(37-23)15-3-5-16(30)6-4-15/h3-8,11,18-19,21-24,35H,10,12-14H2,1-2H3/t18?,19?,21-,22?,23+,24?,26?,27?,28-,29?/m0/s1. The van der Waals surface area contributed by atoms with Gasteiger partial charge in [-0.3, -0.25) is 9.59 Å². The summed E-state index contributed by atoms with van der Waals surface area (Å²) in [5.41, 5.74) is -5.83. The van der Waals surface area contributed by atoms with Crippen LogP contribution in [0.15, 0.2) is 48.1 Å². The van der Waals surface area contributed by atoms with Crippen LogP contribution in [0.25, 0.3) is 0 Å². The predicted molar refractivity (Wildman–Crippen MR) is 140 cm³/mol. The van der Waals surface area contributed by atoms with E-state index in [9.17, 15) is 20.0 Å². The van der Waals surface area contributed by atoms with E-state index in [0.29, 0.717) is 10.6 Å². The van der Waals surface area contributed by atoms with E-state index in [4.69, 9.17) is 21.1 Å². The third-order valence-electron chi connectivity index (χ3n) is 10.1. The van der Waals surface area contributed by atoms with E-state index in [-0.39, 0.29) is 30.6 Å². The number of thioether (sulfide) groups is 1. The Hall–Kier alpha value is -2.09. The van der Waals surface area contributed by atoms with Gasteiger partial charge in [-0.1, -0.05) is 48.5 Å². The normalized spacial score (nSPS) is 46.0. The average molecular weight is 576 g/mol. The molecule has 1 aromatic rings. The van der Waals surface area contributed by atoms with Gasteiger partial charge in [0.05, 0.1) is 24.0 Å². The monoisotopic (exact) mass is 575 g/mol. The van der Waals surface area contributed by atoms with E-state index in [1.54, 1.807) is 31.2 Å². The zero-order valence-electron chi connectivity index (χ0n) is 21.4. The highest BCUT2D eigenvalue weighted by Crippen LogP contribution is 2.73. The quantitative estimate of drug-likeness (QED) is 0.529. The van der Waals surface area contributed by atoms with Gasteiger partial charge in [0.15, 0.2) is 23.3 Å². The number of rotatable bonds is 3. The first kappa shape index (κ1) is 27.1. The number of hydrogen-bond acceptors (Lipinski definition) is 7. The first-order valence-electron chi connectivity index (χ1n) is 13.0. The number of allylic oxidation sites excluding steroid dienone is 4. The Labute approximate surface area is 234 Å². The third kappa shape index (κ3) is 3.42. The maximum absolute atomic E-state index is 17.5. The average Bonchev–Trinajstić information content (AvgIpc) is 3.39. The van der Waals surface area contributed by atoms with Crippen molar-refractivity contribution >= 4 is 34.3 Å². The molecule has 0 aromatic heterocycles. The Morgan fingerprint density at radius 3 is 2.67 bits per heavy atom. The Bertz CT molecular complexity index is 1350. The van der Waals surface area contributed by atoms with Crippen LogP contribution in [-0.4, -0.2) is 51.4 Å². The molecule has 206 valence electrons. The molecule has 7 unspecified atom stereocenters. The van der Waals surface area contributed by atoms with Gasteiger partial charge in [0, 0.05) is 27.3 Å². The molecule has 1 heterocycles. The van der Waals surface area contributed by atoms with Crippen LogP contribution in [0.4, 0.5) is 8.78 Å². The van der Waals surface area contributed by atoms with Crippen molar-refractivity contribution in [3.05, 3.63) is 58.7 Å². The fraction of sp³-hybridized carbons (Fsp3) is 0.552. The van der Waals surface area contributed by atoms with Crippen LogP contribution in [0.2, 0.25) is 5.02 Å². The lowest BCUT2D eigenvalue weighted by Crippen LogP contribution is -2.70. The number of halogens is 3. The second kappa shape index (κ2) is 8.95. The maximum atomic E-state index is 17.5. The second-order valence-electron chi connectivity index (χ2n) is 11.7. The minimum absolute atomic E-state index is 0.0419. The van der Waals surface area contributed by atoms with E-state index in [2.05, 4.69) is 0 Å². The number of aliphatic hydroxyl groups excluding tert-OH is 1. The van der Waals surface area contributed by atoms with Gasteiger partial charge in [-0.2, -0.15) is 5.26 Å². The van der Waals surface area contributed by atoms with Crippen LogP contribution in [0.1, 0.15) is 45.0 Å². The van der Waals surface area contributed by atoms with Gasteiger partial charge in [-0.15, -0.1) is 0 Å². The van der Waals surface area contributed by atoms with E-state index < -0.39 is 69.5 Å². The number of ether oxygens (including phenoxy) is 2. The van der Waals surface area contributed by atoms with Crippen LogP contribution in [-0.2, 0) is 19.1 Å². The van der Waals surface area contributed by atoms with E-state index in [0.717, 1.165) is 17.8 Å². The van der Waals surface area contributed by atoms with Crippen molar-refractivity contribution in [2.24, 2.45) is 22.7 Å². The number of nitrogens with zero attached hydrogens (tertiary/aromatic N) is 1. The molecule has 0 amide bonds. The minimum atomic E-state index is -2.28. The van der Waals surface area contributed by atoms with Gasteiger partial charge < -0.3 is 14.6 Å². The van der Waals surface area contributed by atoms with Crippen LogP contribution < -0.4 is 0 Å². The first-order chi connectivity index (χ1) is 18.4. The Balaban J connectivity index is 1.44. The summed E-state index contributed by atoms with van der Waals surface area (Å²) in [5, 5.41) is 20.9. The highest BCUT2D eigenvalue weighted by molar-refractivity contribution is 8.14. The lowest BCUT2D eigenvalue weighted by atomic mass is 9.44. The molecule has 4 fully saturated rings.